The second-order valence-electron chi connectivity index (χ2n) is 7.20. The van der Waals surface area contributed by atoms with Gasteiger partial charge in [0.05, 0.1) is 5.56 Å². The molecule has 0 aliphatic carbocycles. The fraction of sp³-hybridized carbons (Fsp3) is 0.500. The molecule has 0 radical (unpaired) electrons. The molecule has 6 heteroatoms. The van der Waals surface area contributed by atoms with Crippen molar-refractivity contribution < 1.29 is 4.79 Å². The number of anilines is 3. The fourth-order valence-electron chi connectivity index (χ4n) is 3.83. The van der Waals surface area contributed by atoms with Gasteiger partial charge in [-0.2, -0.15) is 0 Å². The molecule has 1 fully saturated rings. The third-order valence-electron chi connectivity index (χ3n) is 5.51. The largest absolute Gasteiger partial charge is 0.372 e. The molecule has 150 valence electrons. The van der Waals surface area contributed by atoms with Gasteiger partial charge in [0.2, 0.25) is 5.95 Å². The van der Waals surface area contributed by atoms with E-state index < -0.39 is 0 Å². The molecule has 1 amide bonds. The zero-order valence-corrected chi connectivity index (χ0v) is 17.2. The van der Waals surface area contributed by atoms with Crippen molar-refractivity contribution in [1.82, 2.24) is 14.9 Å². The first-order valence-corrected chi connectivity index (χ1v) is 10.4. The molecule has 1 saturated heterocycles. The highest BCUT2D eigenvalue weighted by Gasteiger charge is 2.26. The highest BCUT2D eigenvalue weighted by atomic mass is 16.2. The second-order valence-corrected chi connectivity index (χ2v) is 7.20. The van der Waals surface area contributed by atoms with Crippen molar-refractivity contribution in [2.75, 3.05) is 29.9 Å². The van der Waals surface area contributed by atoms with E-state index >= 15 is 0 Å². The standard InChI is InChI=1S/C22H31N5O/c1-4-19-9-7-8-14-27(19)21(28)17-15-23-22(24-16-17)25-18-10-12-20(13-11-18)26(5-2)6-3/h10-13,15-16,19H,4-9,14H2,1-3H3,(H,23,24,25). The van der Waals surface area contributed by atoms with Gasteiger partial charge in [-0.1, -0.05) is 6.92 Å². The van der Waals surface area contributed by atoms with Crippen LogP contribution >= 0.6 is 0 Å². The van der Waals surface area contributed by atoms with Gasteiger partial charge < -0.3 is 15.1 Å². The summed E-state index contributed by atoms with van der Waals surface area (Å²) in [6, 6.07) is 8.57. The van der Waals surface area contributed by atoms with Crippen molar-refractivity contribution in [1.29, 1.82) is 0 Å². The van der Waals surface area contributed by atoms with Crippen LogP contribution in [-0.4, -0.2) is 46.5 Å². The quantitative estimate of drug-likeness (QED) is 0.767. The third-order valence-corrected chi connectivity index (χ3v) is 5.51. The first-order valence-electron chi connectivity index (χ1n) is 10.4. The summed E-state index contributed by atoms with van der Waals surface area (Å²) in [6.45, 7) is 9.25. The van der Waals surface area contributed by atoms with Gasteiger partial charge in [-0.05, 0) is 63.8 Å². The van der Waals surface area contributed by atoms with E-state index in [0.717, 1.165) is 44.6 Å². The van der Waals surface area contributed by atoms with Crippen LogP contribution in [0, 0.1) is 0 Å². The van der Waals surface area contributed by atoms with E-state index in [-0.39, 0.29) is 5.91 Å². The topological polar surface area (TPSA) is 61.4 Å². The summed E-state index contributed by atoms with van der Waals surface area (Å²) in [5.74, 6) is 0.541. The lowest BCUT2D eigenvalue weighted by atomic mass is 9.99. The van der Waals surface area contributed by atoms with Crippen LogP contribution in [0.5, 0.6) is 0 Å². The predicted octanol–water partition coefficient (Wildman–Crippen LogP) is 4.47. The number of nitrogens with one attached hydrogen (secondary N) is 1. The van der Waals surface area contributed by atoms with E-state index in [9.17, 15) is 4.79 Å². The number of aromatic nitrogens is 2. The number of hydrogen-bond donors (Lipinski definition) is 1. The number of rotatable bonds is 7. The molecule has 1 aromatic carbocycles. The Morgan fingerprint density at radius 2 is 1.79 bits per heavy atom. The summed E-state index contributed by atoms with van der Waals surface area (Å²) in [5.41, 5.74) is 2.68. The molecule has 6 nitrogen and oxygen atoms in total. The van der Waals surface area contributed by atoms with Crippen LogP contribution in [0.2, 0.25) is 0 Å². The summed E-state index contributed by atoms with van der Waals surface area (Å²) < 4.78 is 0. The van der Waals surface area contributed by atoms with Crippen molar-refractivity contribution in [2.45, 2.75) is 52.5 Å². The molecule has 1 aliphatic rings. The van der Waals surface area contributed by atoms with Gasteiger partial charge in [0.15, 0.2) is 0 Å². The minimum atomic E-state index is 0.0432. The Morgan fingerprint density at radius 1 is 1.11 bits per heavy atom. The summed E-state index contributed by atoms with van der Waals surface area (Å²) in [5, 5.41) is 3.21. The van der Waals surface area contributed by atoms with E-state index in [1.165, 1.54) is 12.1 Å². The number of amides is 1. The molecule has 1 unspecified atom stereocenters. The molecule has 28 heavy (non-hydrogen) atoms. The number of carbonyl (C=O) groups is 1. The molecule has 3 rings (SSSR count). The van der Waals surface area contributed by atoms with Crippen molar-refractivity contribution in [3.63, 3.8) is 0 Å². The van der Waals surface area contributed by atoms with Crippen LogP contribution in [0.25, 0.3) is 0 Å². The molecular formula is C22H31N5O. The summed E-state index contributed by atoms with van der Waals surface area (Å²) in [4.78, 5) is 25.8. The van der Waals surface area contributed by atoms with Crippen molar-refractivity contribution >= 4 is 23.2 Å². The fourth-order valence-corrected chi connectivity index (χ4v) is 3.83. The van der Waals surface area contributed by atoms with Crippen LogP contribution in [0.3, 0.4) is 0 Å². The summed E-state index contributed by atoms with van der Waals surface area (Å²) in [7, 11) is 0. The maximum atomic E-state index is 12.8. The highest BCUT2D eigenvalue weighted by Crippen LogP contribution is 2.22. The smallest absolute Gasteiger partial charge is 0.257 e. The van der Waals surface area contributed by atoms with Crippen LogP contribution < -0.4 is 10.2 Å². The molecule has 2 heterocycles. The van der Waals surface area contributed by atoms with E-state index in [0.29, 0.717) is 17.6 Å². The van der Waals surface area contributed by atoms with Crippen LogP contribution in [0.4, 0.5) is 17.3 Å². The van der Waals surface area contributed by atoms with Crippen LogP contribution in [0.15, 0.2) is 36.7 Å². The second kappa shape index (κ2) is 9.53. The SMILES string of the molecule is CCC1CCCCN1C(=O)c1cnc(Nc2ccc(N(CC)CC)cc2)nc1. The molecule has 1 N–H and O–H groups in total. The normalized spacial score (nSPS) is 16.7. The Hall–Kier alpha value is -2.63. The van der Waals surface area contributed by atoms with Crippen molar-refractivity contribution in [3.8, 4) is 0 Å². The van der Waals surface area contributed by atoms with Gasteiger partial charge >= 0.3 is 0 Å². The van der Waals surface area contributed by atoms with Gasteiger partial charge in [-0.15, -0.1) is 0 Å². The summed E-state index contributed by atoms with van der Waals surface area (Å²) >= 11 is 0. The van der Waals surface area contributed by atoms with Crippen LogP contribution in [0.1, 0.15) is 56.8 Å². The Balaban J connectivity index is 1.65. The third kappa shape index (κ3) is 4.61. The Morgan fingerprint density at radius 3 is 2.39 bits per heavy atom. The molecular weight excluding hydrogens is 350 g/mol. The minimum absolute atomic E-state index is 0.0432. The van der Waals surface area contributed by atoms with E-state index in [1.807, 2.05) is 17.0 Å². The molecule has 1 aromatic heterocycles. The van der Waals surface area contributed by atoms with Gasteiger partial charge in [0.25, 0.3) is 5.91 Å². The molecule has 0 saturated carbocycles. The first-order chi connectivity index (χ1) is 13.7. The number of benzene rings is 1. The van der Waals surface area contributed by atoms with Gasteiger partial charge in [0.1, 0.15) is 0 Å². The molecule has 0 bridgehead atoms. The van der Waals surface area contributed by atoms with E-state index in [4.69, 9.17) is 0 Å². The first kappa shape index (κ1) is 20.1. The molecule has 1 aliphatic heterocycles. The van der Waals surface area contributed by atoms with Crippen molar-refractivity contribution in [3.05, 3.63) is 42.2 Å². The lowest BCUT2D eigenvalue weighted by Gasteiger charge is -2.35. The predicted molar refractivity (Wildman–Crippen MR) is 114 cm³/mol. The van der Waals surface area contributed by atoms with Gasteiger partial charge in [-0.25, -0.2) is 9.97 Å². The zero-order chi connectivity index (χ0) is 19.9. The maximum Gasteiger partial charge on any atom is 0.257 e. The average molecular weight is 382 g/mol. The Bertz CT molecular complexity index is 756. The maximum absolute atomic E-state index is 12.8. The molecule has 0 spiro atoms. The van der Waals surface area contributed by atoms with E-state index in [2.05, 4.69) is 53.1 Å². The van der Waals surface area contributed by atoms with Gasteiger partial charge in [-0.3, -0.25) is 4.79 Å². The Labute approximate surface area is 168 Å². The number of nitrogens with zero attached hydrogens (tertiary/aromatic N) is 4. The number of piperidine rings is 1. The van der Waals surface area contributed by atoms with Crippen molar-refractivity contribution in [2.24, 2.45) is 0 Å². The number of carbonyl (C=O) groups excluding carboxylic acids is 1. The Kier molecular flexibility index (Phi) is 6.85. The van der Waals surface area contributed by atoms with E-state index in [1.54, 1.807) is 12.4 Å². The molecule has 1 atom stereocenters. The highest BCUT2D eigenvalue weighted by molar-refractivity contribution is 5.94. The lowest BCUT2D eigenvalue weighted by Crippen LogP contribution is -2.43. The lowest BCUT2D eigenvalue weighted by molar-refractivity contribution is 0.0607. The zero-order valence-electron chi connectivity index (χ0n) is 17.2. The van der Waals surface area contributed by atoms with Crippen LogP contribution in [-0.2, 0) is 0 Å². The minimum Gasteiger partial charge on any atom is -0.372 e. The van der Waals surface area contributed by atoms with Gasteiger partial charge in [0, 0.05) is 49.4 Å². The summed E-state index contributed by atoms with van der Waals surface area (Å²) in [6.07, 6.45) is 7.62. The monoisotopic (exact) mass is 381 g/mol. The number of hydrogen-bond acceptors (Lipinski definition) is 5. The molecule has 2 aromatic rings. The number of likely N-dealkylation sites (tertiary alicyclic amines) is 1. The average Bonchev–Trinajstić information content (AvgIpc) is 2.76.